The highest BCUT2D eigenvalue weighted by Crippen LogP contribution is 2.24. The molecule has 0 atom stereocenters. The second-order valence-electron chi connectivity index (χ2n) is 4.98. The number of carbonyl (C=O) groups excluding carboxylic acids is 1. The lowest BCUT2D eigenvalue weighted by atomic mass is 10.1. The van der Waals surface area contributed by atoms with Gasteiger partial charge in [-0.25, -0.2) is 4.98 Å². The van der Waals surface area contributed by atoms with E-state index in [1.165, 1.54) is 11.3 Å². The number of carbonyl (C=O) groups is 1. The maximum Gasteiger partial charge on any atom is 0.251 e. The summed E-state index contributed by atoms with van der Waals surface area (Å²) < 4.78 is 0. The Kier molecular flexibility index (Phi) is 4.98. The first kappa shape index (κ1) is 15.9. The molecule has 3 rings (SSSR count). The molecule has 6 heteroatoms. The molecule has 1 amide bonds. The lowest BCUT2D eigenvalue weighted by molar-refractivity contribution is 0.0963. The van der Waals surface area contributed by atoms with E-state index in [1.54, 1.807) is 25.4 Å². The summed E-state index contributed by atoms with van der Waals surface area (Å²) >= 11 is 1.50. The minimum atomic E-state index is -0.104. The first-order valence-electron chi connectivity index (χ1n) is 7.38. The molecule has 0 saturated carbocycles. The van der Waals surface area contributed by atoms with Crippen molar-refractivity contribution in [2.24, 2.45) is 5.10 Å². The number of hydrazone groups is 1. The normalized spacial score (nSPS) is 10.7. The minimum Gasteiger partial charge on any atom is -0.355 e. The number of amides is 1. The van der Waals surface area contributed by atoms with Crippen molar-refractivity contribution in [3.05, 3.63) is 71.1 Å². The van der Waals surface area contributed by atoms with E-state index in [-0.39, 0.29) is 5.91 Å². The van der Waals surface area contributed by atoms with Gasteiger partial charge in [0.15, 0.2) is 0 Å². The van der Waals surface area contributed by atoms with Crippen LogP contribution < -0.4 is 10.7 Å². The number of benzene rings is 2. The highest BCUT2D eigenvalue weighted by Gasteiger charge is 2.03. The third kappa shape index (κ3) is 3.85. The second-order valence-corrected chi connectivity index (χ2v) is 5.83. The summed E-state index contributed by atoms with van der Waals surface area (Å²) in [6.45, 7) is 0. The van der Waals surface area contributed by atoms with Crippen LogP contribution in [0.1, 0.15) is 15.9 Å². The molecular formula is C18H16N4OS. The van der Waals surface area contributed by atoms with Crippen LogP contribution in [0.2, 0.25) is 0 Å². The molecule has 0 aliphatic carbocycles. The minimum absolute atomic E-state index is 0.104. The molecule has 1 heterocycles. The number of anilines is 1. The molecule has 24 heavy (non-hydrogen) atoms. The van der Waals surface area contributed by atoms with Crippen molar-refractivity contribution in [3.8, 4) is 11.3 Å². The molecule has 2 N–H and O–H groups in total. The van der Waals surface area contributed by atoms with Crippen LogP contribution in [0.4, 0.5) is 5.13 Å². The molecule has 0 saturated heterocycles. The standard InChI is InChI=1S/C18H16N4OS/c1-19-17(23)15-9-7-13(8-10-15)11-20-22-18-21-16(12-24-18)14-5-3-2-4-6-14/h2-12H,1H3,(H,19,23)(H,21,22). The van der Waals surface area contributed by atoms with Gasteiger partial charge in [-0.05, 0) is 17.7 Å². The van der Waals surface area contributed by atoms with E-state index in [0.29, 0.717) is 5.56 Å². The van der Waals surface area contributed by atoms with E-state index in [9.17, 15) is 4.79 Å². The van der Waals surface area contributed by atoms with Crippen LogP contribution in [0.5, 0.6) is 0 Å². The Morgan fingerprint density at radius 2 is 1.88 bits per heavy atom. The zero-order chi connectivity index (χ0) is 16.8. The average molecular weight is 336 g/mol. The zero-order valence-electron chi connectivity index (χ0n) is 13.1. The van der Waals surface area contributed by atoms with E-state index in [2.05, 4.69) is 20.8 Å². The van der Waals surface area contributed by atoms with Crippen LogP contribution in [-0.2, 0) is 0 Å². The quantitative estimate of drug-likeness (QED) is 0.552. The Morgan fingerprint density at radius 1 is 1.12 bits per heavy atom. The highest BCUT2D eigenvalue weighted by atomic mass is 32.1. The Morgan fingerprint density at radius 3 is 2.58 bits per heavy atom. The van der Waals surface area contributed by atoms with Crippen molar-refractivity contribution in [1.29, 1.82) is 0 Å². The van der Waals surface area contributed by atoms with Gasteiger partial charge in [-0.1, -0.05) is 42.5 Å². The zero-order valence-corrected chi connectivity index (χ0v) is 13.9. The van der Waals surface area contributed by atoms with Gasteiger partial charge in [0.1, 0.15) is 0 Å². The van der Waals surface area contributed by atoms with Crippen molar-refractivity contribution >= 4 is 28.6 Å². The number of nitrogens with one attached hydrogen (secondary N) is 2. The summed E-state index contributed by atoms with van der Waals surface area (Å²) in [6.07, 6.45) is 1.69. The summed E-state index contributed by atoms with van der Waals surface area (Å²) in [5, 5.41) is 9.50. The third-order valence-electron chi connectivity index (χ3n) is 3.35. The summed E-state index contributed by atoms with van der Waals surface area (Å²) in [7, 11) is 1.61. The number of hydrogen-bond donors (Lipinski definition) is 2. The molecule has 2 aromatic carbocycles. The van der Waals surface area contributed by atoms with Gasteiger partial charge in [-0.2, -0.15) is 5.10 Å². The molecule has 0 radical (unpaired) electrons. The van der Waals surface area contributed by atoms with Crippen LogP contribution >= 0.6 is 11.3 Å². The van der Waals surface area contributed by atoms with Gasteiger partial charge in [0, 0.05) is 23.6 Å². The average Bonchev–Trinajstić information content (AvgIpc) is 3.11. The predicted molar refractivity (Wildman–Crippen MR) is 98.6 cm³/mol. The summed E-state index contributed by atoms with van der Waals surface area (Å²) in [5.41, 5.74) is 6.45. The van der Waals surface area contributed by atoms with Gasteiger partial charge in [0.05, 0.1) is 11.9 Å². The number of rotatable bonds is 5. The van der Waals surface area contributed by atoms with Gasteiger partial charge in [0.2, 0.25) is 5.13 Å². The van der Waals surface area contributed by atoms with Crippen LogP contribution in [0.3, 0.4) is 0 Å². The molecule has 0 aliphatic rings. The van der Waals surface area contributed by atoms with Gasteiger partial charge < -0.3 is 5.32 Å². The van der Waals surface area contributed by atoms with E-state index in [0.717, 1.165) is 22.0 Å². The second kappa shape index (κ2) is 7.52. The maximum absolute atomic E-state index is 11.5. The highest BCUT2D eigenvalue weighted by molar-refractivity contribution is 7.14. The molecule has 0 unspecified atom stereocenters. The Bertz CT molecular complexity index is 841. The maximum atomic E-state index is 11.5. The fraction of sp³-hybridized carbons (Fsp3) is 0.0556. The van der Waals surface area contributed by atoms with Crippen LogP contribution in [0.15, 0.2) is 65.1 Å². The van der Waals surface area contributed by atoms with E-state index in [1.807, 2.05) is 47.8 Å². The molecular weight excluding hydrogens is 320 g/mol. The SMILES string of the molecule is CNC(=O)c1ccc(C=NNc2nc(-c3ccccc3)cs2)cc1. The molecule has 3 aromatic rings. The predicted octanol–water partition coefficient (Wildman–Crippen LogP) is 3.62. The molecule has 5 nitrogen and oxygen atoms in total. The first-order valence-corrected chi connectivity index (χ1v) is 8.26. The smallest absolute Gasteiger partial charge is 0.251 e. The molecule has 0 spiro atoms. The van der Waals surface area contributed by atoms with Gasteiger partial charge in [-0.3, -0.25) is 10.2 Å². The number of hydrogen-bond acceptors (Lipinski definition) is 5. The number of nitrogens with zero attached hydrogens (tertiary/aromatic N) is 2. The lowest BCUT2D eigenvalue weighted by Gasteiger charge is -1.99. The van der Waals surface area contributed by atoms with Crippen molar-refractivity contribution in [2.45, 2.75) is 0 Å². The van der Waals surface area contributed by atoms with Crippen molar-refractivity contribution in [3.63, 3.8) is 0 Å². The van der Waals surface area contributed by atoms with Crippen molar-refractivity contribution in [1.82, 2.24) is 10.3 Å². The van der Waals surface area contributed by atoms with Crippen molar-refractivity contribution < 1.29 is 4.79 Å². The topological polar surface area (TPSA) is 66.4 Å². The molecule has 0 aliphatic heterocycles. The number of aromatic nitrogens is 1. The summed E-state index contributed by atoms with van der Waals surface area (Å²) in [4.78, 5) is 16.0. The fourth-order valence-corrected chi connectivity index (χ4v) is 2.76. The Hall–Kier alpha value is -2.99. The molecule has 120 valence electrons. The fourth-order valence-electron chi connectivity index (χ4n) is 2.09. The third-order valence-corrected chi connectivity index (χ3v) is 4.09. The monoisotopic (exact) mass is 336 g/mol. The van der Waals surface area contributed by atoms with Gasteiger partial charge in [0.25, 0.3) is 5.91 Å². The summed E-state index contributed by atoms with van der Waals surface area (Å²) in [6, 6.07) is 17.2. The van der Waals surface area contributed by atoms with Gasteiger partial charge >= 0.3 is 0 Å². The Labute approximate surface area is 144 Å². The van der Waals surface area contributed by atoms with Crippen LogP contribution in [-0.4, -0.2) is 24.2 Å². The Balaban J connectivity index is 1.62. The van der Waals surface area contributed by atoms with E-state index < -0.39 is 0 Å². The summed E-state index contributed by atoms with van der Waals surface area (Å²) in [5.74, 6) is -0.104. The van der Waals surface area contributed by atoms with Crippen LogP contribution in [0, 0.1) is 0 Å². The first-order chi connectivity index (χ1) is 11.8. The lowest BCUT2D eigenvalue weighted by Crippen LogP contribution is -2.17. The van der Waals surface area contributed by atoms with E-state index >= 15 is 0 Å². The van der Waals surface area contributed by atoms with Crippen LogP contribution in [0.25, 0.3) is 11.3 Å². The molecule has 0 bridgehead atoms. The van der Waals surface area contributed by atoms with E-state index in [4.69, 9.17) is 0 Å². The van der Waals surface area contributed by atoms with Gasteiger partial charge in [-0.15, -0.1) is 11.3 Å². The molecule has 0 fully saturated rings. The molecule has 1 aromatic heterocycles. The van der Waals surface area contributed by atoms with Crippen molar-refractivity contribution in [2.75, 3.05) is 12.5 Å². The largest absolute Gasteiger partial charge is 0.355 e. The number of thiazole rings is 1.